The molecule has 0 N–H and O–H groups in total. The van der Waals surface area contributed by atoms with Crippen molar-refractivity contribution in [1.82, 2.24) is 19.6 Å². The van der Waals surface area contributed by atoms with Gasteiger partial charge in [-0.2, -0.15) is 5.10 Å². The SMILES string of the molecule is c1cc2n(n1)CC(CN1CCCCC1)CN(C1CCOCC1)C2. The third-order valence-electron chi connectivity index (χ3n) is 5.77. The van der Waals surface area contributed by atoms with E-state index in [1.54, 1.807) is 0 Å². The normalized spacial score (nSPS) is 28.4. The Bertz CT molecular complexity index is 491. The second kappa shape index (κ2) is 7.32. The number of likely N-dealkylation sites (tertiary alicyclic amines) is 1. The molecule has 0 aromatic carbocycles. The molecule has 2 fully saturated rings. The van der Waals surface area contributed by atoms with Crippen LogP contribution in [0.25, 0.3) is 0 Å². The van der Waals surface area contributed by atoms with Gasteiger partial charge in [0.05, 0.1) is 5.69 Å². The van der Waals surface area contributed by atoms with E-state index in [9.17, 15) is 0 Å². The van der Waals surface area contributed by atoms with Gasteiger partial charge in [0.1, 0.15) is 0 Å². The van der Waals surface area contributed by atoms with E-state index in [1.165, 1.54) is 64.0 Å². The molecule has 3 aliphatic heterocycles. The Morgan fingerprint density at radius 2 is 1.91 bits per heavy atom. The van der Waals surface area contributed by atoms with Gasteiger partial charge in [-0.15, -0.1) is 0 Å². The lowest BCUT2D eigenvalue weighted by molar-refractivity contribution is 0.0236. The van der Waals surface area contributed by atoms with Gasteiger partial charge < -0.3 is 9.64 Å². The highest BCUT2D eigenvalue weighted by Gasteiger charge is 2.29. The van der Waals surface area contributed by atoms with Crippen LogP contribution in [0.5, 0.6) is 0 Å². The first-order chi connectivity index (χ1) is 11.4. The minimum atomic E-state index is 0.689. The van der Waals surface area contributed by atoms with Crippen LogP contribution in [0.4, 0.5) is 0 Å². The van der Waals surface area contributed by atoms with Crippen LogP contribution in [-0.4, -0.2) is 65.0 Å². The lowest BCUT2D eigenvalue weighted by Crippen LogP contribution is -2.44. The van der Waals surface area contributed by atoms with Gasteiger partial charge in [0, 0.05) is 57.5 Å². The molecular formula is C18H30N4O. The van der Waals surface area contributed by atoms with Crippen molar-refractivity contribution in [2.75, 3.05) is 39.4 Å². The molecule has 0 aliphatic carbocycles. The van der Waals surface area contributed by atoms with E-state index in [2.05, 4.69) is 25.6 Å². The van der Waals surface area contributed by atoms with Crippen LogP contribution in [0.2, 0.25) is 0 Å². The third-order valence-corrected chi connectivity index (χ3v) is 5.77. The van der Waals surface area contributed by atoms with Gasteiger partial charge in [-0.3, -0.25) is 9.58 Å². The summed E-state index contributed by atoms with van der Waals surface area (Å²) in [6, 6.07) is 2.89. The molecule has 4 heterocycles. The predicted molar refractivity (Wildman–Crippen MR) is 90.3 cm³/mol. The molecule has 0 bridgehead atoms. The highest BCUT2D eigenvalue weighted by atomic mass is 16.5. The summed E-state index contributed by atoms with van der Waals surface area (Å²) in [5, 5.41) is 4.59. The van der Waals surface area contributed by atoms with Gasteiger partial charge in [-0.1, -0.05) is 6.42 Å². The van der Waals surface area contributed by atoms with Gasteiger partial charge in [0.15, 0.2) is 0 Å². The van der Waals surface area contributed by atoms with Crippen LogP contribution in [-0.2, 0) is 17.8 Å². The third kappa shape index (κ3) is 3.78. The number of hydrogen-bond donors (Lipinski definition) is 0. The molecule has 4 rings (SSSR count). The Hall–Kier alpha value is -0.910. The molecule has 3 aliphatic rings. The van der Waals surface area contributed by atoms with Crippen molar-refractivity contribution in [3.05, 3.63) is 18.0 Å². The first-order valence-corrected chi connectivity index (χ1v) is 9.43. The molecule has 2 saturated heterocycles. The lowest BCUT2D eigenvalue weighted by atomic mass is 10.0. The zero-order chi connectivity index (χ0) is 15.5. The van der Waals surface area contributed by atoms with E-state index in [-0.39, 0.29) is 0 Å². The molecule has 1 unspecified atom stereocenters. The van der Waals surface area contributed by atoms with E-state index in [0.717, 1.165) is 26.3 Å². The highest BCUT2D eigenvalue weighted by Crippen LogP contribution is 2.24. The van der Waals surface area contributed by atoms with E-state index >= 15 is 0 Å². The number of piperidine rings is 1. The van der Waals surface area contributed by atoms with Crippen LogP contribution < -0.4 is 0 Å². The monoisotopic (exact) mass is 318 g/mol. The molecule has 1 aromatic heterocycles. The second-order valence-corrected chi connectivity index (χ2v) is 7.50. The maximum Gasteiger partial charge on any atom is 0.0524 e. The Labute approximate surface area is 139 Å². The number of nitrogens with zero attached hydrogens (tertiary/aromatic N) is 4. The molecular weight excluding hydrogens is 288 g/mol. The van der Waals surface area contributed by atoms with Crippen molar-refractivity contribution in [1.29, 1.82) is 0 Å². The van der Waals surface area contributed by atoms with Gasteiger partial charge in [-0.05, 0) is 44.8 Å². The van der Waals surface area contributed by atoms with Crippen molar-refractivity contribution in [2.24, 2.45) is 5.92 Å². The summed E-state index contributed by atoms with van der Waals surface area (Å²) in [7, 11) is 0. The van der Waals surface area contributed by atoms with E-state index in [1.807, 2.05) is 6.20 Å². The summed E-state index contributed by atoms with van der Waals surface area (Å²) in [4.78, 5) is 5.41. The number of ether oxygens (including phenoxy) is 1. The van der Waals surface area contributed by atoms with Crippen molar-refractivity contribution in [3.8, 4) is 0 Å². The Balaban J connectivity index is 1.47. The fourth-order valence-corrected chi connectivity index (χ4v) is 4.52. The van der Waals surface area contributed by atoms with Crippen LogP contribution in [0.3, 0.4) is 0 Å². The van der Waals surface area contributed by atoms with Crippen molar-refractivity contribution in [3.63, 3.8) is 0 Å². The van der Waals surface area contributed by atoms with E-state index < -0.39 is 0 Å². The second-order valence-electron chi connectivity index (χ2n) is 7.50. The first-order valence-electron chi connectivity index (χ1n) is 9.43. The van der Waals surface area contributed by atoms with E-state index in [0.29, 0.717) is 12.0 Å². The maximum absolute atomic E-state index is 5.57. The molecule has 1 aromatic rings. The number of aromatic nitrogens is 2. The van der Waals surface area contributed by atoms with Crippen LogP contribution in [0.1, 0.15) is 37.8 Å². The van der Waals surface area contributed by atoms with Gasteiger partial charge >= 0.3 is 0 Å². The number of hydrogen-bond acceptors (Lipinski definition) is 4. The van der Waals surface area contributed by atoms with Gasteiger partial charge in [-0.25, -0.2) is 0 Å². The summed E-state index contributed by atoms with van der Waals surface area (Å²) in [6.45, 7) is 9.02. The zero-order valence-corrected chi connectivity index (χ0v) is 14.2. The fourth-order valence-electron chi connectivity index (χ4n) is 4.52. The number of rotatable bonds is 3. The van der Waals surface area contributed by atoms with Gasteiger partial charge in [0.2, 0.25) is 0 Å². The summed E-state index contributed by atoms with van der Waals surface area (Å²) in [5.74, 6) is 0.692. The number of fused-ring (bicyclic) bond motifs is 1. The van der Waals surface area contributed by atoms with Crippen LogP contribution in [0.15, 0.2) is 12.3 Å². The lowest BCUT2D eigenvalue weighted by Gasteiger charge is -2.36. The van der Waals surface area contributed by atoms with Crippen LogP contribution in [0, 0.1) is 5.92 Å². The Morgan fingerprint density at radius 3 is 2.74 bits per heavy atom. The van der Waals surface area contributed by atoms with Crippen molar-refractivity contribution in [2.45, 2.75) is 51.2 Å². The molecule has 0 saturated carbocycles. The maximum atomic E-state index is 5.57. The molecule has 1 atom stereocenters. The largest absolute Gasteiger partial charge is 0.381 e. The predicted octanol–water partition coefficient (Wildman–Crippen LogP) is 1.98. The molecule has 0 spiro atoms. The van der Waals surface area contributed by atoms with Crippen molar-refractivity contribution < 1.29 is 4.74 Å². The quantitative estimate of drug-likeness (QED) is 0.853. The smallest absolute Gasteiger partial charge is 0.0524 e. The molecule has 128 valence electrons. The standard InChI is InChI=1S/C18H30N4O/c1-2-8-20(9-3-1)12-16-13-21(17-5-10-23-11-6-17)15-18-4-7-19-22(18)14-16/h4,7,16-17H,1-3,5-6,8-15H2. The average Bonchev–Trinajstić information content (AvgIpc) is 2.95. The van der Waals surface area contributed by atoms with E-state index in [4.69, 9.17) is 4.74 Å². The van der Waals surface area contributed by atoms with Crippen molar-refractivity contribution >= 4 is 0 Å². The molecule has 23 heavy (non-hydrogen) atoms. The minimum Gasteiger partial charge on any atom is -0.381 e. The molecule has 0 amide bonds. The topological polar surface area (TPSA) is 33.5 Å². The highest BCUT2D eigenvalue weighted by molar-refractivity contribution is 5.03. The summed E-state index contributed by atoms with van der Waals surface area (Å²) in [6.07, 6.45) is 8.52. The fraction of sp³-hybridized carbons (Fsp3) is 0.833. The Kier molecular flexibility index (Phi) is 4.97. The summed E-state index contributed by atoms with van der Waals surface area (Å²) in [5.41, 5.74) is 1.39. The first kappa shape index (κ1) is 15.6. The van der Waals surface area contributed by atoms with Gasteiger partial charge in [0.25, 0.3) is 0 Å². The Morgan fingerprint density at radius 1 is 1.09 bits per heavy atom. The summed E-state index contributed by atoms with van der Waals surface area (Å²) >= 11 is 0. The molecule has 0 radical (unpaired) electrons. The average molecular weight is 318 g/mol. The van der Waals surface area contributed by atoms with Crippen LogP contribution >= 0.6 is 0 Å². The molecule has 5 heteroatoms. The summed E-state index contributed by atoms with van der Waals surface area (Å²) < 4.78 is 7.83. The zero-order valence-electron chi connectivity index (χ0n) is 14.2. The molecule has 5 nitrogen and oxygen atoms in total. The minimum absolute atomic E-state index is 0.689.